The number of ether oxygens (including phenoxy) is 1. The molecule has 5 nitrogen and oxygen atoms in total. The molecule has 1 aliphatic heterocycles. The number of halogens is 3. The van der Waals surface area contributed by atoms with Crippen LogP contribution >= 0.6 is 0 Å². The van der Waals surface area contributed by atoms with Gasteiger partial charge in [0.1, 0.15) is 18.9 Å². The Hall–Kier alpha value is -2.51. The van der Waals surface area contributed by atoms with Crippen molar-refractivity contribution < 1.29 is 22.7 Å². The van der Waals surface area contributed by atoms with Crippen LogP contribution in [0, 0.1) is 0 Å². The van der Waals surface area contributed by atoms with E-state index in [1.54, 1.807) is 4.90 Å². The average molecular weight is 409 g/mol. The van der Waals surface area contributed by atoms with Crippen LogP contribution in [-0.2, 0) is 23.9 Å². The van der Waals surface area contributed by atoms with Crippen molar-refractivity contribution in [2.45, 2.75) is 51.2 Å². The first-order valence-electron chi connectivity index (χ1n) is 10.0. The first-order chi connectivity index (χ1) is 13.9. The Bertz CT molecular complexity index is 804. The van der Waals surface area contributed by atoms with Gasteiger partial charge in [0, 0.05) is 12.7 Å². The van der Waals surface area contributed by atoms with Crippen molar-refractivity contribution in [2.24, 2.45) is 0 Å². The molecule has 0 saturated heterocycles. The number of aryl methyl sites for hydroxylation is 1. The number of hydrogen-bond acceptors (Lipinski definition) is 3. The van der Waals surface area contributed by atoms with Crippen LogP contribution in [-0.4, -0.2) is 40.3 Å². The number of carbonyl (C=O) groups excluding carboxylic acids is 1. The maximum atomic E-state index is 12.7. The number of nitrogens with zero attached hydrogens (tertiary/aromatic N) is 3. The number of fused-ring (bicyclic) bond motifs is 1. The van der Waals surface area contributed by atoms with Gasteiger partial charge in [0.15, 0.2) is 0 Å². The zero-order chi connectivity index (χ0) is 20.7. The Morgan fingerprint density at radius 2 is 1.83 bits per heavy atom. The van der Waals surface area contributed by atoms with Crippen LogP contribution < -0.4 is 4.74 Å². The van der Waals surface area contributed by atoms with Crippen molar-refractivity contribution in [1.29, 1.82) is 0 Å². The number of hydrogen-bond donors (Lipinski definition) is 0. The van der Waals surface area contributed by atoms with Crippen LogP contribution in [0.15, 0.2) is 36.7 Å². The summed E-state index contributed by atoms with van der Waals surface area (Å²) in [4.78, 5) is 14.3. The predicted octanol–water partition coefficient (Wildman–Crippen LogP) is 4.32. The molecule has 0 saturated carbocycles. The van der Waals surface area contributed by atoms with E-state index in [0.29, 0.717) is 19.7 Å². The van der Waals surface area contributed by atoms with Crippen LogP contribution in [0.25, 0.3) is 0 Å². The quantitative estimate of drug-likeness (QED) is 0.742. The van der Waals surface area contributed by atoms with Gasteiger partial charge in [-0.1, -0.05) is 37.5 Å². The minimum atomic E-state index is -4.46. The third-order valence-corrected chi connectivity index (χ3v) is 5.08. The Balaban J connectivity index is 1.64. The van der Waals surface area contributed by atoms with E-state index < -0.39 is 11.7 Å². The molecule has 0 fully saturated rings. The summed E-state index contributed by atoms with van der Waals surface area (Å²) in [5.41, 5.74) is 0.316. The van der Waals surface area contributed by atoms with Crippen molar-refractivity contribution in [3.05, 3.63) is 47.8 Å². The summed E-state index contributed by atoms with van der Waals surface area (Å²) in [5.74, 6) is 0.578. The van der Waals surface area contributed by atoms with E-state index in [9.17, 15) is 18.0 Å². The fourth-order valence-electron chi connectivity index (χ4n) is 3.46. The van der Waals surface area contributed by atoms with Gasteiger partial charge in [-0.3, -0.25) is 9.48 Å². The summed E-state index contributed by atoms with van der Waals surface area (Å²) in [6.45, 7) is 1.08. The molecule has 2 heterocycles. The molecule has 1 aromatic carbocycles. The minimum absolute atomic E-state index is 0.216. The van der Waals surface area contributed by atoms with Crippen molar-refractivity contribution in [2.75, 3.05) is 19.7 Å². The third-order valence-electron chi connectivity index (χ3n) is 5.08. The molecule has 1 amide bonds. The molecule has 29 heavy (non-hydrogen) atoms. The van der Waals surface area contributed by atoms with E-state index >= 15 is 0 Å². The number of carbonyl (C=O) groups is 1. The number of rotatable bonds is 2. The smallest absolute Gasteiger partial charge is 0.419 e. The summed E-state index contributed by atoms with van der Waals surface area (Å²) >= 11 is 0. The van der Waals surface area contributed by atoms with Gasteiger partial charge in [-0.2, -0.15) is 18.3 Å². The Kier molecular flexibility index (Phi) is 7.17. The van der Waals surface area contributed by atoms with E-state index in [1.807, 2.05) is 18.2 Å². The highest BCUT2D eigenvalue weighted by Crippen LogP contribution is 2.28. The minimum Gasteiger partial charge on any atom is -0.491 e. The lowest BCUT2D eigenvalue weighted by Gasteiger charge is -2.23. The van der Waals surface area contributed by atoms with Gasteiger partial charge in [-0.05, 0) is 30.9 Å². The zero-order valence-corrected chi connectivity index (χ0v) is 16.3. The maximum Gasteiger partial charge on any atom is 0.419 e. The van der Waals surface area contributed by atoms with Gasteiger partial charge >= 0.3 is 6.18 Å². The summed E-state index contributed by atoms with van der Waals surface area (Å²) in [6.07, 6.45) is 3.32. The van der Waals surface area contributed by atoms with E-state index in [-0.39, 0.29) is 12.5 Å². The van der Waals surface area contributed by atoms with E-state index in [0.717, 1.165) is 61.3 Å². The van der Waals surface area contributed by atoms with Crippen LogP contribution in [0.1, 0.15) is 43.2 Å². The fraction of sp³-hybridized carbons (Fsp3) is 0.524. The van der Waals surface area contributed by atoms with Gasteiger partial charge < -0.3 is 9.64 Å². The Morgan fingerprint density at radius 1 is 1.07 bits per heavy atom. The monoisotopic (exact) mass is 409 g/mol. The van der Waals surface area contributed by atoms with E-state index in [1.165, 1.54) is 5.56 Å². The average Bonchev–Trinajstić information content (AvgIpc) is 3.15. The van der Waals surface area contributed by atoms with Gasteiger partial charge in [0.2, 0.25) is 5.91 Å². The van der Waals surface area contributed by atoms with Crippen LogP contribution in [0.4, 0.5) is 13.2 Å². The van der Waals surface area contributed by atoms with Gasteiger partial charge in [-0.25, -0.2) is 0 Å². The van der Waals surface area contributed by atoms with Crippen molar-refractivity contribution in [1.82, 2.24) is 14.7 Å². The summed E-state index contributed by atoms with van der Waals surface area (Å²) in [5, 5.41) is 3.68. The van der Waals surface area contributed by atoms with Gasteiger partial charge in [0.25, 0.3) is 0 Å². The standard InChI is InChI=1S/C21H26F3N3O2/c22-21(23,24)18-14-25-27(15-18)16-20(28)26-11-7-3-1-2-4-8-17-9-5-6-10-19(17)29-13-12-26/h5-6,9-10,14-15H,1-4,7-8,11-13,16H2. The van der Waals surface area contributed by atoms with Crippen molar-refractivity contribution in [3.8, 4) is 5.75 Å². The molecule has 0 atom stereocenters. The van der Waals surface area contributed by atoms with Crippen LogP contribution in [0.5, 0.6) is 5.75 Å². The predicted molar refractivity (Wildman–Crippen MR) is 103 cm³/mol. The number of para-hydroxylation sites is 1. The second kappa shape index (κ2) is 9.80. The van der Waals surface area contributed by atoms with Gasteiger partial charge in [-0.15, -0.1) is 0 Å². The second-order valence-corrected chi connectivity index (χ2v) is 7.28. The lowest BCUT2D eigenvalue weighted by molar-refractivity contribution is -0.138. The lowest BCUT2D eigenvalue weighted by Crippen LogP contribution is -2.37. The fourth-order valence-corrected chi connectivity index (χ4v) is 3.46. The highest BCUT2D eigenvalue weighted by molar-refractivity contribution is 5.75. The number of amides is 1. The second-order valence-electron chi connectivity index (χ2n) is 7.28. The van der Waals surface area contributed by atoms with Gasteiger partial charge in [0.05, 0.1) is 18.3 Å². The highest BCUT2D eigenvalue weighted by Gasteiger charge is 2.32. The molecule has 2 aromatic rings. The Labute approximate surface area is 168 Å². The molecule has 0 bridgehead atoms. The molecule has 158 valence electrons. The molecule has 1 aromatic heterocycles. The summed E-state index contributed by atoms with van der Waals surface area (Å²) in [7, 11) is 0. The molecular formula is C21H26F3N3O2. The molecule has 0 aliphatic carbocycles. The van der Waals surface area contributed by atoms with Crippen LogP contribution in [0.3, 0.4) is 0 Å². The number of benzene rings is 1. The molecule has 3 rings (SSSR count). The topological polar surface area (TPSA) is 47.4 Å². The normalized spacial score (nSPS) is 16.7. The zero-order valence-electron chi connectivity index (χ0n) is 16.3. The molecule has 0 unspecified atom stereocenters. The molecule has 0 N–H and O–H groups in total. The highest BCUT2D eigenvalue weighted by atomic mass is 19.4. The first kappa shape index (κ1) is 21.2. The van der Waals surface area contributed by atoms with E-state index in [2.05, 4.69) is 11.2 Å². The summed E-state index contributed by atoms with van der Waals surface area (Å²) in [6, 6.07) is 7.92. The largest absolute Gasteiger partial charge is 0.491 e. The molecule has 8 heteroatoms. The first-order valence-corrected chi connectivity index (χ1v) is 10.0. The molecule has 1 aliphatic rings. The number of aromatic nitrogens is 2. The SMILES string of the molecule is O=C(Cn1cc(C(F)(F)F)cn1)N1CCCCCCCc2ccccc2OCC1. The maximum absolute atomic E-state index is 12.7. The molecular weight excluding hydrogens is 383 g/mol. The van der Waals surface area contributed by atoms with Crippen molar-refractivity contribution >= 4 is 5.91 Å². The van der Waals surface area contributed by atoms with Crippen LogP contribution in [0.2, 0.25) is 0 Å². The molecule has 0 spiro atoms. The van der Waals surface area contributed by atoms with Crippen molar-refractivity contribution in [3.63, 3.8) is 0 Å². The van der Waals surface area contributed by atoms with E-state index in [4.69, 9.17) is 4.74 Å². The third kappa shape index (κ3) is 6.24. The molecule has 0 radical (unpaired) electrons. The lowest BCUT2D eigenvalue weighted by atomic mass is 10.0. The number of alkyl halides is 3. The summed E-state index contributed by atoms with van der Waals surface area (Å²) < 4.78 is 45.2. The Morgan fingerprint density at radius 3 is 2.62 bits per heavy atom.